The van der Waals surface area contributed by atoms with Crippen molar-refractivity contribution in [2.24, 2.45) is 41.2 Å². The first kappa shape index (κ1) is 66.8. The molecule has 10 aromatic carbocycles. The molecular formula is C98H106N5+5. The van der Waals surface area contributed by atoms with E-state index >= 15 is 0 Å². The van der Waals surface area contributed by atoms with Gasteiger partial charge in [0.15, 0.2) is 6.20 Å². The maximum Gasteiger partial charge on any atom is 0.220 e. The summed E-state index contributed by atoms with van der Waals surface area (Å²) in [7, 11) is 10.5. The first-order valence-electron chi connectivity index (χ1n) is 38.6. The van der Waals surface area contributed by atoms with Gasteiger partial charge in [0, 0.05) is 105 Å². The van der Waals surface area contributed by atoms with E-state index in [-0.39, 0.29) is 5.92 Å². The lowest BCUT2D eigenvalue weighted by Gasteiger charge is -2.12. The van der Waals surface area contributed by atoms with E-state index in [0.29, 0.717) is 5.56 Å². The molecule has 0 aliphatic carbocycles. The Balaban J connectivity index is 0.000000135. The van der Waals surface area contributed by atoms with Gasteiger partial charge in [-0.25, -0.2) is 4.57 Å². The maximum absolute atomic E-state index is 8.54. The first-order valence-corrected chi connectivity index (χ1v) is 36.1. The Morgan fingerprint density at radius 3 is 1.31 bits per heavy atom. The van der Waals surface area contributed by atoms with Crippen LogP contribution in [0.5, 0.6) is 0 Å². The fraction of sp³-hybridized carbons (Fsp3) is 0.235. The van der Waals surface area contributed by atoms with Gasteiger partial charge in [0.1, 0.15) is 35.2 Å². The molecule has 0 saturated heterocycles. The highest BCUT2D eigenvalue weighted by atomic mass is 15.0. The third kappa shape index (κ3) is 15.8. The number of benzene rings is 10. The molecule has 15 rings (SSSR count). The van der Waals surface area contributed by atoms with E-state index < -0.39 is 13.2 Å². The van der Waals surface area contributed by atoms with Crippen LogP contribution in [0, 0.1) is 103 Å². The average Bonchev–Trinajstić information content (AvgIpc) is 0.762. The van der Waals surface area contributed by atoms with Crippen molar-refractivity contribution in [3.05, 3.63) is 326 Å². The monoisotopic (exact) mass is 1360 g/mol. The summed E-state index contributed by atoms with van der Waals surface area (Å²) in [4.78, 5) is 0. The molecule has 0 spiro atoms. The van der Waals surface area contributed by atoms with Crippen LogP contribution < -0.4 is 22.8 Å². The van der Waals surface area contributed by atoms with E-state index in [1.54, 1.807) is 12.1 Å². The van der Waals surface area contributed by atoms with E-state index in [0.717, 1.165) is 44.5 Å². The van der Waals surface area contributed by atoms with Gasteiger partial charge in [-0.2, -0.15) is 18.3 Å². The van der Waals surface area contributed by atoms with Gasteiger partial charge in [-0.15, -0.1) is 0 Å². The molecule has 0 aliphatic rings. The van der Waals surface area contributed by atoms with Crippen molar-refractivity contribution in [1.82, 2.24) is 0 Å². The fourth-order valence-electron chi connectivity index (χ4n) is 14.9. The van der Waals surface area contributed by atoms with Crippen LogP contribution in [-0.4, -0.2) is 0 Å². The Labute approximate surface area is 621 Å². The van der Waals surface area contributed by atoms with Crippen molar-refractivity contribution in [3.63, 3.8) is 0 Å². The van der Waals surface area contributed by atoms with Gasteiger partial charge in [-0.3, -0.25) is 0 Å². The van der Waals surface area contributed by atoms with Crippen LogP contribution in [0.1, 0.15) is 104 Å². The molecule has 518 valence electrons. The average molecular weight is 1360 g/mol. The second-order valence-electron chi connectivity index (χ2n) is 28.7. The Bertz CT molecular complexity index is 5920. The number of hydrogen-bond acceptors (Lipinski definition) is 0. The Kier molecular flexibility index (Phi) is 20.5. The van der Waals surface area contributed by atoms with Gasteiger partial charge >= 0.3 is 0 Å². The van der Waals surface area contributed by atoms with Crippen LogP contribution >= 0.6 is 0 Å². The summed E-state index contributed by atoms with van der Waals surface area (Å²) in [6, 6.07) is 82.6. The predicted octanol–water partition coefficient (Wildman–Crippen LogP) is 22.2. The summed E-state index contributed by atoms with van der Waals surface area (Å²) >= 11 is 0. The molecule has 0 saturated carbocycles. The highest BCUT2D eigenvalue weighted by molar-refractivity contribution is 5.93. The molecule has 0 bridgehead atoms. The molecule has 5 heteroatoms. The van der Waals surface area contributed by atoms with E-state index in [1.807, 2.05) is 58.2 Å². The highest BCUT2D eigenvalue weighted by Crippen LogP contribution is 2.33. The molecule has 0 aliphatic heterocycles. The van der Waals surface area contributed by atoms with Crippen molar-refractivity contribution in [1.29, 1.82) is 0 Å². The summed E-state index contributed by atoms with van der Waals surface area (Å²) in [5.41, 5.74) is 35.2. The molecule has 0 unspecified atom stereocenters. The van der Waals surface area contributed by atoms with Crippen LogP contribution in [-0.2, 0) is 41.6 Å². The van der Waals surface area contributed by atoms with Crippen LogP contribution in [0.2, 0.25) is 0 Å². The van der Waals surface area contributed by atoms with Crippen molar-refractivity contribution in [3.8, 4) is 56.3 Å². The van der Waals surface area contributed by atoms with Gasteiger partial charge in [0.2, 0.25) is 50.5 Å². The molecule has 5 heterocycles. The third-order valence-corrected chi connectivity index (χ3v) is 20.8. The summed E-state index contributed by atoms with van der Waals surface area (Å²) in [6.45, 7) is 30.0. The lowest BCUT2D eigenvalue weighted by atomic mass is 9.95. The minimum Gasteiger partial charge on any atom is -0.200 e. The van der Waals surface area contributed by atoms with Crippen LogP contribution in [0.4, 0.5) is 0 Å². The van der Waals surface area contributed by atoms with Crippen molar-refractivity contribution in [2.45, 2.75) is 117 Å². The topological polar surface area (TPSA) is 19.4 Å². The van der Waals surface area contributed by atoms with Crippen molar-refractivity contribution >= 4 is 54.4 Å². The van der Waals surface area contributed by atoms with Gasteiger partial charge in [-0.1, -0.05) is 151 Å². The zero-order chi connectivity index (χ0) is 78.0. The molecule has 103 heavy (non-hydrogen) atoms. The minimum absolute atomic E-state index is 0.0836. The number of para-hydroxylation sites is 2. The van der Waals surface area contributed by atoms with Gasteiger partial charge in [-0.05, 0) is 242 Å². The third-order valence-electron chi connectivity index (χ3n) is 20.8. The molecule has 0 amide bonds. The molecule has 0 atom stereocenters. The van der Waals surface area contributed by atoms with Crippen LogP contribution in [0.3, 0.4) is 0 Å². The number of aromatic nitrogens is 5. The number of rotatable bonds is 7. The lowest BCUT2D eigenvalue weighted by Crippen LogP contribution is -2.32. The van der Waals surface area contributed by atoms with Gasteiger partial charge < -0.3 is 0 Å². The van der Waals surface area contributed by atoms with E-state index in [2.05, 4.69) is 334 Å². The lowest BCUT2D eigenvalue weighted by molar-refractivity contribution is -0.659. The number of hydrogen-bond donors (Lipinski definition) is 0. The van der Waals surface area contributed by atoms with E-state index in [1.165, 1.54) is 144 Å². The highest BCUT2D eigenvalue weighted by Gasteiger charge is 2.24. The van der Waals surface area contributed by atoms with Gasteiger partial charge in [0.05, 0.1) is 10.8 Å². The fourth-order valence-corrected chi connectivity index (χ4v) is 14.9. The Morgan fingerprint density at radius 1 is 0.311 bits per heavy atom. The summed E-state index contributed by atoms with van der Waals surface area (Å²) in [5.74, 6) is -0.0836. The zero-order valence-electron chi connectivity index (χ0n) is 69.4. The molecule has 5 nitrogen and oxygen atoms in total. The number of nitrogens with zero attached hydrogens (tertiary/aromatic N) is 5. The van der Waals surface area contributed by atoms with E-state index in [9.17, 15) is 0 Å². The molecule has 15 aromatic rings. The number of aryl methyl sites for hydroxylation is 16. The second kappa shape index (κ2) is 31.6. The van der Waals surface area contributed by atoms with Crippen LogP contribution in [0.15, 0.2) is 243 Å². The predicted molar refractivity (Wildman–Crippen MR) is 438 cm³/mol. The molecule has 0 N–H and O–H groups in total. The zero-order valence-corrected chi connectivity index (χ0v) is 64.4. The number of fused-ring (bicyclic) bond motifs is 5. The maximum atomic E-state index is 8.54. The van der Waals surface area contributed by atoms with Crippen molar-refractivity contribution in [2.75, 3.05) is 0 Å². The standard InChI is InChI=1S/C23H28N.C21H24N.C19H20N.C18H18N.C17H16N/c1-15(2)12-19-8-7-9-22-20(19)10-11-23(24(22)6)21-14-16(3)13-17(4)18(21)5;1-13-10-15(3)17(5)18(11-13)20-12-16(4)21-14(2)8-7-9-19(21)22(20)6;1-13-11-14(2)15(3)17(12-13)19-10-9-16-7-5-6-8-18(16)20(19)4;1-13-8-10-16(14(2)12-13)18-11-9-15-6-4-5-7-17(15)19(18)3;1-13-7-3-5-9-15(13)17-16-10-6-4-8-14(16)11-12-18(17)2/h7-11,13-15H,12H2,1-6H3;7-12H,1-6H3;5-12H,1-4H3;4-12H,1-3H3;3-12H,1-2H3/q5*+1/i12D2;;;1D3;. The first-order chi connectivity index (χ1) is 51.3. The van der Waals surface area contributed by atoms with Crippen LogP contribution in [0.25, 0.3) is 111 Å². The molecule has 0 fully saturated rings. The normalized spacial score (nSPS) is 12.1. The Morgan fingerprint density at radius 2 is 0.757 bits per heavy atom. The smallest absolute Gasteiger partial charge is 0.200 e. The molecule has 0 radical (unpaired) electrons. The summed E-state index contributed by atoms with van der Waals surface area (Å²) in [5, 5.41) is 7.41. The molecule has 5 aromatic heterocycles. The Hall–Kier alpha value is -10.8. The quantitative estimate of drug-likeness (QED) is 0.142. The van der Waals surface area contributed by atoms with Gasteiger partial charge in [0.25, 0.3) is 0 Å². The molecular weight excluding hydrogens is 1250 g/mol. The second-order valence-corrected chi connectivity index (χ2v) is 28.7. The number of pyridine rings is 5. The van der Waals surface area contributed by atoms with Crippen molar-refractivity contribution < 1.29 is 29.7 Å². The minimum atomic E-state index is -2.06. The summed E-state index contributed by atoms with van der Waals surface area (Å²) in [6.07, 6.45) is 0.772. The van der Waals surface area contributed by atoms with E-state index in [4.69, 9.17) is 6.85 Å². The summed E-state index contributed by atoms with van der Waals surface area (Å²) < 4.78 is 50.8. The largest absolute Gasteiger partial charge is 0.220 e. The SMILES string of the molecule is Cc1cc(C)c(C)c(-c2cc(C)c3c(C)cccc3[n+]2C)c1.Cc1cc(C)c(C)c(-c2ccc3ccccc3[n+]2C)c1.Cc1ccccc1-c1c2ccccc2cc[n+]1C.[2H]C([2H])([2H])c1ccc(-c2ccc3ccccc3[n+]2C)c(C)c1.[2H]C([2H])(c1cccc2c1ccc(-c1cc(C)cc(C)c1C)[n+]2C)C(C)C.